The van der Waals surface area contributed by atoms with Crippen molar-refractivity contribution in [2.24, 2.45) is 0 Å². The van der Waals surface area contributed by atoms with E-state index in [0.29, 0.717) is 11.3 Å². The molecule has 0 bridgehead atoms. The Bertz CT molecular complexity index is 1640. The standard InChI is InChI=1S/C31H27BrN4O2S/c1-19-15-21(16-22(18-33)29(37)35-25-12-8-9-23(32)17-25)20(2)36(19)31-28(26-13-6-7-14-27(26)39-31)30(38)34-24-10-4-3-5-11-24/h3-5,8-12,15-17H,6-7,13-14H2,1-2H3,(H,34,38)(H,35,37)/b22-16-. The fourth-order valence-corrected chi connectivity index (χ4v) is 6.87. The molecule has 8 heteroatoms. The molecule has 196 valence electrons. The Morgan fingerprint density at radius 1 is 1.00 bits per heavy atom. The summed E-state index contributed by atoms with van der Waals surface area (Å²) in [4.78, 5) is 27.8. The SMILES string of the molecule is Cc1cc(/C=C(/C#N)C(=O)Nc2cccc(Br)c2)c(C)n1-c1sc2c(c1C(=O)Nc1ccccc1)CCCC2. The number of para-hydroxylation sites is 1. The largest absolute Gasteiger partial charge is 0.322 e. The molecule has 0 saturated carbocycles. The molecular weight excluding hydrogens is 572 g/mol. The number of nitriles is 1. The quantitative estimate of drug-likeness (QED) is 0.177. The normalized spacial score (nSPS) is 12.9. The zero-order chi connectivity index (χ0) is 27.5. The Balaban J connectivity index is 1.53. The van der Waals surface area contributed by atoms with Crippen molar-refractivity contribution >= 4 is 56.5 Å². The number of hydrogen-bond acceptors (Lipinski definition) is 4. The van der Waals surface area contributed by atoms with Crippen LogP contribution in [-0.2, 0) is 17.6 Å². The fraction of sp³-hybridized carbons (Fsp3) is 0.194. The van der Waals surface area contributed by atoms with Crippen molar-refractivity contribution in [2.75, 3.05) is 10.6 Å². The molecule has 0 fully saturated rings. The summed E-state index contributed by atoms with van der Waals surface area (Å²) < 4.78 is 2.91. The number of carbonyl (C=O) groups is 2. The number of amides is 2. The van der Waals surface area contributed by atoms with Crippen LogP contribution in [0.1, 0.15) is 50.6 Å². The van der Waals surface area contributed by atoms with Crippen LogP contribution in [0.4, 0.5) is 11.4 Å². The molecule has 5 rings (SSSR count). The smallest absolute Gasteiger partial charge is 0.266 e. The lowest BCUT2D eigenvalue weighted by atomic mass is 9.95. The molecule has 2 amide bonds. The number of carbonyl (C=O) groups excluding carboxylic acids is 2. The molecule has 0 atom stereocenters. The summed E-state index contributed by atoms with van der Waals surface area (Å²) in [6.07, 6.45) is 5.63. The third kappa shape index (κ3) is 5.60. The second kappa shape index (κ2) is 11.4. The monoisotopic (exact) mass is 598 g/mol. The number of benzene rings is 2. The number of hydrogen-bond donors (Lipinski definition) is 2. The summed E-state index contributed by atoms with van der Waals surface area (Å²) >= 11 is 5.06. The summed E-state index contributed by atoms with van der Waals surface area (Å²) in [6, 6.07) is 20.7. The van der Waals surface area contributed by atoms with Gasteiger partial charge in [0.05, 0.1) is 5.56 Å². The first-order valence-corrected chi connectivity index (χ1v) is 14.4. The third-order valence-electron chi connectivity index (χ3n) is 6.83. The summed E-state index contributed by atoms with van der Waals surface area (Å²) in [5.74, 6) is -0.596. The molecule has 6 nitrogen and oxygen atoms in total. The molecule has 0 radical (unpaired) electrons. The van der Waals surface area contributed by atoms with Gasteiger partial charge in [-0.05, 0) is 93.1 Å². The molecule has 2 heterocycles. The van der Waals surface area contributed by atoms with E-state index < -0.39 is 5.91 Å². The minimum absolute atomic E-state index is 0.00254. The van der Waals surface area contributed by atoms with E-state index in [0.717, 1.165) is 63.4 Å². The maximum atomic E-state index is 13.7. The van der Waals surface area contributed by atoms with Gasteiger partial charge >= 0.3 is 0 Å². The molecule has 2 N–H and O–H groups in total. The van der Waals surface area contributed by atoms with Crippen LogP contribution in [0.5, 0.6) is 0 Å². The van der Waals surface area contributed by atoms with Crippen LogP contribution in [-0.4, -0.2) is 16.4 Å². The van der Waals surface area contributed by atoms with Gasteiger partial charge in [0.25, 0.3) is 11.8 Å². The Labute approximate surface area is 240 Å². The van der Waals surface area contributed by atoms with E-state index in [1.807, 2.05) is 68.4 Å². The summed E-state index contributed by atoms with van der Waals surface area (Å²) in [5, 5.41) is 16.5. The Kier molecular flexibility index (Phi) is 7.82. The van der Waals surface area contributed by atoms with Crippen molar-refractivity contribution in [1.82, 2.24) is 4.57 Å². The highest BCUT2D eigenvalue weighted by molar-refractivity contribution is 9.10. The lowest BCUT2D eigenvalue weighted by Crippen LogP contribution is -2.17. The van der Waals surface area contributed by atoms with Crippen molar-refractivity contribution < 1.29 is 9.59 Å². The van der Waals surface area contributed by atoms with Gasteiger partial charge in [-0.15, -0.1) is 11.3 Å². The minimum Gasteiger partial charge on any atom is -0.322 e. The summed E-state index contributed by atoms with van der Waals surface area (Å²) in [5.41, 5.74) is 5.74. The molecule has 2 aromatic heterocycles. The van der Waals surface area contributed by atoms with Gasteiger partial charge in [-0.25, -0.2) is 0 Å². The van der Waals surface area contributed by atoms with Crippen LogP contribution < -0.4 is 10.6 Å². The van der Waals surface area contributed by atoms with Crippen molar-refractivity contribution in [3.05, 3.63) is 104 Å². The minimum atomic E-state index is -0.477. The van der Waals surface area contributed by atoms with Gasteiger partial charge in [0.2, 0.25) is 0 Å². The fourth-order valence-electron chi connectivity index (χ4n) is 4.97. The average molecular weight is 600 g/mol. The zero-order valence-corrected chi connectivity index (χ0v) is 24.1. The van der Waals surface area contributed by atoms with Crippen molar-refractivity contribution in [3.8, 4) is 11.1 Å². The third-order valence-corrected chi connectivity index (χ3v) is 8.60. The number of thiophene rings is 1. The zero-order valence-electron chi connectivity index (χ0n) is 21.7. The lowest BCUT2D eigenvalue weighted by Gasteiger charge is -2.14. The number of rotatable bonds is 6. The van der Waals surface area contributed by atoms with E-state index in [-0.39, 0.29) is 11.5 Å². The van der Waals surface area contributed by atoms with E-state index in [4.69, 9.17) is 0 Å². The number of nitrogens with one attached hydrogen (secondary N) is 2. The van der Waals surface area contributed by atoms with Gasteiger partial charge in [0, 0.05) is 32.1 Å². The molecule has 1 aliphatic carbocycles. The van der Waals surface area contributed by atoms with E-state index >= 15 is 0 Å². The summed E-state index contributed by atoms with van der Waals surface area (Å²) in [7, 11) is 0. The van der Waals surface area contributed by atoms with Crippen LogP contribution in [0, 0.1) is 25.2 Å². The molecule has 0 spiro atoms. The molecule has 4 aromatic rings. The van der Waals surface area contributed by atoms with Crippen LogP contribution >= 0.6 is 27.3 Å². The summed E-state index contributed by atoms with van der Waals surface area (Å²) in [6.45, 7) is 3.94. The van der Waals surface area contributed by atoms with Gasteiger partial charge in [-0.1, -0.05) is 40.2 Å². The van der Waals surface area contributed by atoms with Crippen LogP contribution in [0.15, 0.2) is 70.7 Å². The van der Waals surface area contributed by atoms with E-state index in [9.17, 15) is 14.9 Å². The molecule has 0 unspecified atom stereocenters. The van der Waals surface area contributed by atoms with Gasteiger partial charge in [0.1, 0.15) is 16.6 Å². The predicted octanol–water partition coefficient (Wildman–Crippen LogP) is 7.59. The predicted molar refractivity (Wildman–Crippen MR) is 161 cm³/mol. The van der Waals surface area contributed by atoms with Gasteiger partial charge in [-0.3, -0.25) is 9.59 Å². The van der Waals surface area contributed by atoms with Crippen LogP contribution in [0.3, 0.4) is 0 Å². The molecule has 39 heavy (non-hydrogen) atoms. The van der Waals surface area contributed by atoms with Crippen molar-refractivity contribution in [3.63, 3.8) is 0 Å². The molecule has 0 aliphatic heterocycles. The van der Waals surface area contributed by atoms with Crippen molar-refractivity contribution in [1.29, 1.82) is 5.26 Å². The number of halogens is 1. The topological polar surface area (TPSA) is 86.9 Å². The van der Waals surface area contributed by atoms with E-state index in [1.165, 1.54) is 4.88 Å². The maximum Gasteiger partial charge on any atom is 0.266 e. The van der Waals surface area contributed by atoms with Crippen LogP contribution in [0.25, 0.3) is 11.1 Å². The highest BCUT2D eigenvalue weighted by Gasteiger charge is 2.28. The van der Waals surface area contributed by atoms with Crippen LogP contribution in [0.2, 0.25) is 0 Å². The van der Waals surface area contributed by atoms with E-state index in [1.54, 1.807) is 29.5 Å². The molecular formula is C31H27BrN4O2S. The lowest BCUT2D eigenvalue weighted by molar-refractivity contribution is -0.112. The van der Waals surface area contributed by atoms with Gasteiger partial charge < -0.3 is 15.2 Å². The second-order valence-corrected chi connectivity index (χ2v) is 11.5. The molecule has 2 aromatic carbocycles. The molecule has 1 aliphatic rings. The number of fused-ring (bicyclic) bond motifs is 1. The van der Waals surface area contributed by atoms with Gasteiger partial charge in [0.15, 0.2) is 0 Å². The van der Waals surface area contributed by atoms with E-state index in [2.05, 4.69) is 31.1 Å². The van der Waals surface area contributed by atoms with Crippen molar-refractivity contribution in [2.45, 2.75) is 39.5 Å². The highest BCUT2D eigenvalue weighted by atomic mass is 79.9. The maximum absolute atomic E-state index is 13.7. The highest BCUT2D eigenvalue weighted by Crippen LogP contribution is 2.39. The number of aryl methyl sites for hydroxylation is 2. The number of aromatic nitrogens is 1. The Morgan fingerprint density at radius 3 is 2.49 bits per heavy atom. The number of anilines is 2. The first-order valence-electron chi connectivity index (χ1n) is 12.7. The van der Waals surface area contributed by atoms with Gasteiger partial charge in [-0.2, -0.15) is 5.26 Å². The molecule has 0 saturated heterocycles. The number of nitrogens with zero attached hydrogens (tertiary/aromatic N) is 2. The Morgan fingerprint density at radius 2 is 1.74 bits per heavy atom. The Hall–Kier alpha value is -3.93. The first-order chi connectivity index (χ1) is 18.9. The first kappa shape index (κ1) is 26.7. The average Bonchev–Trinajstić information content (AvgIpc) is 3.43. The second-order valence-electron chi connectivity index (χ2n) is 9.51.